The summed E-state index contributed by atoms with van der Waals surface area (Å²) in [5.41, 5.74) is 2.74. The molecule has 1 saturated carbocycles. The highest BCUT2D eigenvalue weighted by molar-refractivity contribution is 5.60. The van der Waals surface area contributed by atoms with Gasteiger partial charge in [-0.3, -0.25) is 0 Å². The van der Waals surface area contributed by atoms with Crippen LogP contribution in [0.1, 0.15) is 52.2 Å². The smallest absolute Gasteiger partial charge is 0.244 e. The lowest BCUT2D eigenvalue weighted by Crippen LogP contribution is -2.41. The minimum Gasteiger partial charge on any atom is -0.356 e. The summed E-state index contributed by atoms with van der Waals surface area (Å²) < 4.78 is 16.0. The second-order valence-corrected chi connectivity index (χ2v) is 9.95. The van der Waals surface area contributed by atoms with E-state index >= 15 is 0 Å². The molecule has 8 nitrogen and oxygen atoms in total. The van der Waals surface area contributed by atoms with Gasteiger partial charge in [0, 0.05) is 51.1 Å². The number of anilines is 4. The highest BCUT2D eigenvalue weighted by Crippen LogP contribution is 2.42. The van der Waals surface area contributed by atoms with E-state index in [9.17, 15) is 4.39 Å². The molecule has 6 rings (SSSR count). The fraction of sp³-hybridized carbons (Fsp3) is 0.556. The predicted octanol–water partition coefficient (Wildman–Crippen LogP) is 5.36. The standard InChI is InChI=1S/C25H31FN8.C2H6.H2/c1-16-10-19(26)13-20(11-16)33-7-3-8-34-25(33)30-24(31-34)29-22-6-9-32(14-18-4-5-21(18)22)23-12-17(2)27-15-28-23;1-2;/h10-13,15,18,21-22H,3-9,14H2,1-2H3,(H,29,31);1-2H3;1H/t18?,21?,22-;;/m0../s1. The van der Waals surface area contributed by atoms with Crippen LogP contribution >= 0.6 is 0 Å². The van der Waals surface area contributed by atoms with Crippen LogP contribution in [0.3, 0.4) is 0 Å². The highest BCUT2D eigenvalue weighted by Gasteiger charge is 2.41. The molecule has 36 heavy (non-hydrogen) atoms. The quantitative estimate of drug-likeness (QED) is 0.524. The molecule has 1 N–H and O–H groups in total. The summed E-state index contributed by atoms with van der Waals surface area (Å²) in [6.07, 6.45) is 6.12. The second kappa shape index (κ2) is 10.4. The van der Waals surface area contributed by atoms with Crippen molar-refractivity contribution in [1.82, 2.24) is 24.7 Å². The topological polar surface area (TPSA) is 75.0 Å². The highest BCUT2D eigenvalue weighted by atomic mass is 19.1. The zero-order valence-electron chi connectivity index (χ0n) is 21.8. The summed E-state index contributed by atoms with van der Waals surface area (Å²) in [7, 11) is 0. The van der Waals surface area contributed by atoms with Crippen LogP contribution in [0.4, 0.5) is 27.8 Å². The van der Waals surface area contributed by atoms with Gasteiger partial charge in [0.2, 0.25) is 11.9 Å². The molecule has 9 heteroatoms. The van der Waals surface area contributed by atoms with Gasteiger partial charge in [0.05, 0.1) is 0 Å². The van der Waals surface area contributed by atoms with E-state index in [1.54, 1.807) is 18.5 Å². The Balaban J connectivity index is 0.00000104. The van der Waals surface area contributed by atoms with Gasteiger partial charge < -0.3 is 15.1 Å². The van der Waals surface area contributed by atoms with Crippen molar-refractivity contribution < 1.29 is 5.82 Å². The van der Waals surface area contributed by atoms with Gasteiger partial charge in [-0.25, -0.2) is 19.0 Å². The van der Waals surface area contributed by atoms with Crippen molar-refractivity contribution in [3.63, 3.8) is 0 Å². The van der Waals surface area contributed by atoms with Crippen LogP contribution in [0.15, 0.2) is 30.6 Å². The molecule has 194 valence electrons. The summed E-state index contributed by atoms with van der Waals surface area (Å²) >= 11 is 0. The molecule has 0 radical (unpaired) electrons. The van der Waals surface area contributed by atoms with E-state index in [0.29, 0.717) is 23.8 Å². The molecular weight excluding hydrogens is 455 g/mol. The Bertz CT molecular complexity index is 1180. The molecule has 1 aliphatic carbocycles. The average Bonchev–Trinajstić information content (AvgIpc) is 3.21. The summed E-state index contributed by atoms with van der Waals surface area (Å²) in [6, 6.07) is 7.56. The molecule has 3 atom stereocenters. The lowest BCUT2D eigenvalue weighted by molar-refractivity contribution is 0.166. The van der Waals surface area contributed by atoms with Gasteiger partial charge in [0.15, 0.2) is 0 Å². The normalized spacial score (nSPS) is 23.0. The predicted molar refractivity (Wildman–Crippen MR) is 143 cm³/mol. The first-order valence-corrected chi connectivity index (χ1v) is 13.3. The van der Waals surface area contributed by atoms with E-state index in [2.05, 4.69) is 31.2 Å². The molecule has 0 spiro atoms. The summed E-state index contributed by atoms with van der Waals surface area (Å²) in [5, 5.41) is 8.48. The Labute approximate surface area is 214 Å². The van der Waals surface area contributed by atoms with Crippen molar-refractivity contribution in [2.45, 2.75) is 66.0 Å². The monoisotopic (exact) mass is 494 g/mol. The third-order valence-electron chi connectivity index (χ3n) is 7.57. The van der Waals surface area contributed by atoms with Crippen LogP contribution in [-0.4, -0.2) is 50.4 Å². The minimum atomic E-state index is -0.220. The number of aryl methyl sites for hydroxylation is 3. The number of benzene rings is 1. The maximum absolute atomic E-state index is 14.1. The van der Waals surface area contributed by atoms with Crippen LogP contribution in [-0.2, 0) is 6.54 Å². The Hall–Kier alpha value is -3.23. The van der Waals surface area contributed by atoms with E-state index in [0.717, 1.165) is 67.7 Å². The Morgan fingerprint density at radius 1 is 1.00 bits per heavy atom. The number of fused-ring (bicyclic) bond motifs is 2. The first kappa shape index (κ1) is 24.5. The van der Waals surface area contributed by atoms with E-state index < -0.39 is 0 Å². The van der Waals surface area contributed by atoms with Crippen molar-refractivity contribution in [1.29, 1.82) is 0 Å². The van der Waals surface area contributed by atoms with Crippen LogP contribution in [0.25, 0.3) is 0 Å². The van der Waals surface area contributed by atoms with Gasteiger partial charge in [-0.05, 0) is 75.1 Å². The molecule has 2 unspecified atom stereocenters. The van der Waals surface area contributed by atoms with Crippen molar-refractivity contribution in [3.05, 3.63) is 47.7 Å². The second-order valence-electron chi connectivity index (χ2n) is 9.95. The fourth-order valence-electron chi connectivity index (χ4n) is 5.74. The van der Waals surface area contributed by atoms with Gasteiger partial charge in [0.25, 0.3) is 0 Å². The molecule has 1 aromatic carbocycles. The van der Waals surface area contributed by atoms with Crippen molar-refractivity contribution in [3.8, 4) is 0 Å². The van der Waals surface area contributed by atoms with Crippen molar-refractivity contribution in [2.24, 2.45) is 11.8 Å². The van der Waals surface area contributed by atoms with Crippen molar-refractivity contribution >= 4 is 23.4 Å². The average molecular weight is 495 g/mol. The van der Waals surface area contributed by atoms with E-state index in [1.165, 1.54) is 12.8 Å². The van der Waals surface area contributed by atoms with Gasteiger partial charge in [-0.2, -0.15) is 4.98 Å². The molecule has 0 amide bonds. The maximum atomic E-state index is 14.1. The molecular formula is C27H39FN8. The number of nitrogens with one attached hydrogen (secondary N) is 1. The number of halogens is 1. The molecule has 3 aromatic rings. The molecule has 3 aliphatic rings. The van der Waals surface area contributed by atoms with Gasteiger partial charge >= 0.3 is 0 Å². The van der Waals surface area contributed by atoms with Crippen LogP contribution in [0.2, 0.25) is 0 Å². The van der Waals surface area contributed by atoms with Crippen LogP contribution in [0, 0.1) is 31.5 Å². The van der Waals surface area contributed by atoms with Gasteiger partial charge in [-0.1, -0.05) is 13.8 Å². The first-order valence-electron chi connectivity index (χ1n) is 13.3. The Morgan fingerprint density at radius 2 is 1.86 bits per heavy atom. The first-order chi connectivity index (χ1) is 17.5. The zero-order chi connectivity index (χ0) is 25.2. The van der Waals surface area contributed by atoms with Gasteiger partial charge in [-0.15, -0.1) is 5.10 Å². The summed E-state index contributed by atoms with van der Waals surface area (Å²) in [6.45, 7) is 11.6. The minimum absolute atomic E-state index is 0. The van der Waals surface area contributed by atoms with E-state index in [4.69, 9.17) is 10.1 Å². The lowest BCUT2D eigenvalue weighted by Gasteiger charge is -2.40. The Kier molecular flexibility index (Phi) is 7.07. The van der Waals surface area contributed by atoms with E-state index in [1.807, 2.05) is 38.4 Å². The third kappa shape index (κ3) is 4.88. The SMILES string of the molecule is CC.Cc1cc(F)cc(N2CCCn3nc(N[C@H]4CCN(c5cc(C)ncn5)CC5CCC54)nc32)c1.[HH]. The number of hydrogen-bond donors (Lipinski definition) is 1. The number of aromatic nitrogens is 5. The number of rotatable bonds is 4. The van der Waals surface area contributed by atoms with Crippen molar-refractivity contribution in [2.75, 3.05) is 34.8 Å². The molecule has 2 aromatic heterocycles. The van der Waals surface area contributed by atoms with Gasteiger partial charge in [0.1, 0.15) is 18.0 Å². The summed E-state index contributed by atoms with van der Waals surface area (Å²) in [4.78, 5) is 18.1. The largest absolute Gasteiger partial charge is 0.356 e. The van der Waals surface area contributed by atoms with E-state index in [-0.39, 0.29) is 7.24 Å². The number of hydrogen-bond acceptors (Lipinski definition) is 7. The fourth-order valence-corrected chi connectivity index (χ4v) is 5.74. The molecule has 2 fully saturated rings. The maximum Gasteiger partial charge on any atom is 0.244 e. The molecule has 4 heterocycles. The number of nitrogens with zero attached hydrogens (tertiary/aromatic N) is 7. The molecule has 2 aliphatic heterocycles. The van der Waals surface area contributed by atoms with Crippen LogP contribution < -0.4 is 15.1 Å². The van der Waals surface area contributed by atoms with Crippen LogP contribution in [0.5, 0.6) is 0 Å². The Morgan fingerprint density at radius 3 is 2.61 bits per heavy atom. The molecule has 1 saturated heterocycles. The summed E-state index contributed by atoms with van der Waals surface area (Å²) in [5.74, 6) is 3.54. The molecule has 0 bridgehead atoms. The zero-order valence-corrected chi connectivity index (χ0v) is 21.8. The third-order valence-corrected chi connectivity index (χ3v) is 7.57. The lowest BCUT2D eigenvalue weighted by atomic mass is 9.69.